The Bertz CT molecular complexity index is 500. The lowest BCUT2D eigenvalue weighted by molar-refractivity contribution is -0.122. The number of carbonyl (C=O) groups is 1. The third-order valence-corrected chi connectivity index (χ3v) is 3.69. The van der Waals surface area contributed by atoms with E-state index in [0.29, 0.717) is 19.8 Å². The van der Waals surface area contributed by atoms with E-state index in [9.17, 15) is 4.79 Å². The van der Waals surface area contributed by atoms with E-state index in [0.717, 1.165) is 49.4 Å². The van der Waals surface area contributed by atoms with Crippen molar-refractivity contribution in [2.24, 2.45) is 5.92 Å². The van der Waals surface area contributed by atoms with Crippen molar-refractivity contribution in [3.05, 3.63) is 23.8 Å². The van der Waals surface area contributed by atoms with Gasteiger partial charge in [0.25, 0.3) is 0 Å². The molecule has 1 aromatic carbocycles. The van der Waals surface area contributed by atoms with Gasteiger partial charge in [0, 0.05) is 32.0 Å². The fourth-order valence-electron chi connectivity index (χ4n) is 2.31. The van der Waals surface area contributed by atoms with Gasteiger partial charge in [-0.2, -0.15) is 0 Å². The minimum Gasteiger partial charge on any atom is -0.490 e. The van der Waals surface area contributed by atoms with Crippen LogP contribution in [0.1, 0.15) is 24.8 Å². The van der Waals surface area contributed by atoms with Gasteiger partial charge in [0.05, 0.1) is 13.2 Å². The third kappa shape index (κ3) is 4.11. The Hall–Kier alpha value is -1.75. The average molecular weight is 290 g/mol. The summed E-state index contributed by atoms with van der Waals surface area (Å²) >= 11 is 0. The predicted octanol–water partition coefficient (Wildman–Crippen LogP) is 1.46. The van der Waals surface area contributed by atoms with Crippen LogP contribution in [0.2, 0.25) is 0 Å². The summed E-state index contributed by atoms with van der Waals surface area (Å²) in [7, 11) is 0. The van der Waals surface area contributed by atoms with Crippen LogP contribution in [0, 0.1) is 5.92 Å². The molecule has 5 heteroatoms. The van der Waals surface area contributed by atoms with Gasteiger partial charge in [-0.1, -0.05) is 6.07 Å². The molecule has 114 valence electrons. The number of fused-ring (bicyclic) bond motifs is 1. The molecule has 1 amide bonds. The first-order valence-corrected chi connectivity index (χ1v) is 7.70. The van der Waals surface area contributed by atoms with Gasteiger partial charge in [-0.25, -0.2) is 0 Å². The molecule has 5 nitrogen and oxygen atoms in total. The number of ether oxygens (including phenoxy) is 2. The molecular formula is C16H22N2O3. The van der Waals surface area contributed by atoms with Crippen LogP contribution in [0.15, 0.2) is 18.2 Å². The number of carbonyl (C=O) groups excluding carboxylic acids is 1. The van der Waals surface area contributed by atoms with Gasteiger partial charge >= 0.3 is 0 Å². The number of nitrogens with one attached hydrogen (secondary N) is 2. The number of hydrogen-bond acceptors (Lipinski definition) is 4. The standard InChI is InChI=1S/C16H22N2O3/c19-16(13-3-4-13)18-7-6-17-11-12-2-5-14-15(10-12)21-9-1-8-20-14/h2,5,10,13,17H,1,3-4,6-9,11H2,(H,18,19). The zero-order valence-electron chi connectivity index (χ0n) is 12.2. The molecule has 2 N–H and O–H groups in total. The molecule has 0 spiro atoms. The first kappa shape index (κ1) is 14.2. The molecule has 0 unspecified atom stereocenters. The van der Waals surface area contributed by atoms with E-state index in [-0.39, 0.29) is 11.8 Å². The first-order chi connectivity index (χ1) is 10.3. The van der Waals surface area contributed by atoms with Crippen LogP contribution in [0.3, 0.4) is 0 Å². The molecule has 0 atom stereocenters. The second kappa shape index (κ2) is 6.80. The van der Waals surface area contributed by atoms with Crippen molar-refractivity contribution >= 4 is 5.91 Å². The van der Waals surface area contributed by atoms with Crippen LogP contribution in [0.25, 0.3) is 0 Å². The average Bonchev–Trinajstić information content (AvgIpc) is 3.33. The van der Waals surface area contributed by atoms with Crippen LogP contribution < -0.4 is 20.1 Å². The summed E-state index contributed by atoms with van der Waals surface area (Å²) in [6.45, 7) is 3.63. The normalized spacial score (nSPS) is 17.1. The van der Waals surface area contributed by atoms with E-state index in [1.807, 2.05) is 18.2 Å². The van der Waals surface area contributed by atoms with Crippen molar-refractivity contribution in [3.8, 4) is 11.5 Å². The molecule has 1 aliphatic carbocycles. The van der Waals surface area contributed by atoms with Crippen LogP contribution in [-0.4, -0.2) is 32.2 Å². The summed E-state index contributed by atoms with van der Waals surface area (Å²) in [5.41, 5.74) is 1.16. The summed E-state index contributed by atoms with van der Waals surface area (Å²) in [6, 6.07) is 6.03. The monoisotopic (exact) mass is 290 g/mol. The molecule has 0 radical (unpaired) electrons. The SMILES string of the molecule is O=C(NCCNCc1ccc2c(c1)OCCCO2)C1CC1. The summed E-state index contributed by atoms with van der Waals surface area (Å²) in [6.07, 6.45) is 3.02. The Labute approximate surface area is 125 Å². The van der Waals surface area contributed by atoms with Gasteiger partial charge in [-0.3, -0.25) is 4.79 Å². The topological polar surface area (TPSA) is 59.6 Å². The van der Waals surface area contributed by atoms with E-state index in [2.05, 4.69) is 10.6 Å². The van der Waals surface area contributed by atoms with Crippen molar-refractivity contribution in [1.82, 2.24) is 10.6 Å². The van der Waals surface area contributed by atoms with Crippen LogP contribution in [0.5, 0.6) is 11.5 Å². The third-order valence-electron chi connectivity index (χ3n) is 3.69. The zero-order valence-corrected chi connectivity index (χ0v) is 12.2. The fraction of sp³-hybridized carbons (Fsp3) is 0.562. The summed E-state index contributed by atoms with van der Waals surface area (Å²) in [5.74, 6) is 2.14. The molecule has 1 aliphatic heterocycles. The van der Waals surface area contributed by atoms with Crippen molar-refractivity contribution in [1.29, 1.82) is 0 Å². The van der Waals surface area contributed by atoms with Crippen molar-refractivity contribution in [2.75, 3.05) is 26.3 Å². The number of hydrogen-bond donors (Lipinski definition) is 2. The molecule has 2 aliphatic rings. The number of benzene rings is 1. The number of amides is 1. The summed E-state index contributed by atoms with van der Waals surface area (Å²) < 4.78 is 11.3. The molecule has 3 rings (SSSR count). The maximum absolute atomic E-state index is 11.5. The lowest BCUT2D eigenvalue weighted by Gasteiger charge is -2.10. The molecule has 21 heavy (non-hydrogen) atoms. The van der Waals surface area contributed by atoms with Crippen molar-refractivity contribution in [3.63, 3.8) is 0 Å². The van der Waals surface area contributed by atoms with Gasteiger partial charge in [-0.05, 0) is 30.5 Å². The van der Waals surface area contributed by atoms with Gasteiger partial charge in [-0.15, -0.1) is 0 Å². The lowest BCUT2D eigenvalue weighted by Crippen LogP contribution is -2.32. The fourth-order valence-corrected chi connectivity index (χ4v) is 2.31. The smallest absolute Gasteiger partial charge is 0.223 e. The Morgan fingerprint density at radius 1 is 1.14 bits per heavy atom. The van der Waals surface area contributed by atoms with E-state index >= 15 is 0 Å². The highest BCUT2D eigenvalue weighted by molar-refractivity contribution is 5.80. The molecule has 1 fully saturated rings. The largest absolute Gasteiger partial charge is 0.490 e. The summed E-state index contributed by atoms with van der Waals surface area (Å²) in [4.78, 5) is 11.5. The molecule has 1 heterocycles. The summed E-state index contributed by atoms with van der Waals surface area (Å²) in [5, 5.41) is 6.27. The molecule has 0 bridgehead atoms. The maximum Gasteiger partial charge on any atom is 0.223 e. The first-order valence-electron chi connectivity index (χ1n) is 7.70. The van der Waals surface area contributed by atoms with E-state index < -0.39 is 0 Å². The van der Waals surface area contributed by atoms with Crippen LogP contribution >= 0.6 is 0 Å². The lowest BCUT2D eigenvalue weighted by atomic mass is 10.2. The van der Waals surface area contributed by atoms with E-state index in [1.165, 1.54) is 0 Å². The molecule has 0 aromatic heterocycles. The Morgan fingerprint density at radius 2 is 1.95 bits per heavy atom. The highest BCUT2D eigenvalue weighted by atomic mass is 16.5. The maximum atomic E-state index is 11.5. The highest BCUT2D eigenvalue weighted by Crippen LogP contribution is 2.30. The molecule has 1 aromatic rings. The minimum atomic E-state index is 0.201. The number of rotatable bonds is 6. The van der Waals surface area contributed by atoms with Gasteiger partial charge in [0.2, 0.25) is 5.91 Å². The second-order valence-corrected chi connectivity index (χ2v) is 5.57. The van der Waals surface area contributed by atoms with Crippen LogP contribution in [0.4, 0.5) is 0 Å². The van der Waals surface area contributed by atoms with Gasteiger partial charge in [0.1, 0.15) is 0 Å². The van der Waals surface area contributed by atoms with E-state index in [1.54, 1.807) is 0 Å². The Balaban J connectivity index is 1.40. The molecular weight excluding hydrogens is 268 g/mol. The quantitative estimate of drug-likeness (QED) is 0.779. The van der Waals surface area contributed by atoms with Crippen molar-refractivity contribution < 1.29 is 14.3 Å². The molecule has 1 saturated carbocycles. The second-order valence-electron chi connectivity index (χ2n) is 5.57. The van der Waals surface area contributed by atoms with E-state index in [4.69, 9.17) is 9.47 Å². The van der Waals surface area contributed by atoms with Crippen LogP contribution in [-0.2, 0) is 11.3 Å². The predicted molar refractivity (Wildman–Crippen MR) is 79.5 cm³/mol. The zero-order chi connectivity index (χ0) is 14.5. The highest BCUT2D eigenvalue weighted by Gasteiger charge is 2.28. The minimum absolute atomic E-state index is 0.201. The Kier molecular flexibility index (Phi) is 4.60. The van der Waals surface area contributed by atoms with Gasteiger partial charge in [0.15, 0.2) is 11.5 Å². The van der Waals surface area contributed by atoms with Gasteiger partial charge < -0.3 is 20.1 Å². The van der Waals surface area contributed by atoms with Crippen molar-refractivity contribution in [2.45, 2.75) is 25.8 Å². The molecule has 0 saturated heterocycles. The Morgan fingerprint density at radius 3 is 2.76 bits per heavy atom.